The monoisotopic (exact) mass is 1360 g/mol. The van der Waals surface area contributed by atoms with Crippen LogP contribution in [0, 0.1) is 11.3 Å². The number of hydrogen-bond acceptors (Lipinski definition) is 14. The minimum atomic E-state index is -0.946. The van der Waals surface area contributed by atoms with Gasteiger partial charge in [0.05, 0.1) is 47.5 Å². The number of aliphatic hydroxyl groups is 1. The second kappa shape index (κ2) is 31.1. The molecule has 2 aliphatic heterocycles. The van der Waals surface area contributed by atoms with E-state index >= 15 is 0 Å². The van der Waals surface area contributed by atoms with Gasteiger partial charge in [0, 0.05) is 108 Å². The second-order valence-electron chi connectivity index (χ2n) is 22.9. The average molecular weight is 1370 g/mol. The van der Waals surface area contributed by atoms with Crippen LogP contribution in [0.25, 0.3) is 49.6 Å². The maximum absolute atomic E-state index is 13.4. The van der Waals surface area contributed by atoms with E-state index in [4.69, 9.17) is 47.5 Å². The predicted octanol–water partition coefficient (Wildman–Crippen LogP) is 13.1. The first kappa shape index (κ1) is 68.7. The first-order chi connectivity index (χ1) is 41.8. The molecule has 4 N–H and O–H groups in total. The Bertz CT molecular complexity index is 3810. The van der Waals surface area contributed by atoms with Gasteiger partial charge < -0.3 is 39.8 Å². The number of benzene rings is 5. The van der Waals surface area contributed by atoms with E-state index in [1.54, 1.807) is 48.0 Å². The van der Waals surface area contributed by atoms with Crippen molar-refractivity contribution in [2.45, 2.75) is 98.4 Å². The number of fused-ring (bicyclic) bond motifs is 7. The molecule has 0 saturated carbocycles. The van der Waals surface area contributed by atoms with Crippen LogP contribution in [0.1, 0.15) is 88.4 Å². The van der Waals surface area contributed by atoms with E-state index < -0.39 is 47.4 Å². The van der Waals surface area contributed by atoms with Gasteiger partial charge in [-0.3, -0.25) is 24.2 Å². The predicted molar refractivity (Wildman–Crippen MR) is 360 cm³/mol. The zero-order valence-electron chi connectivity index (χ0n) is 51.7. The van der Waals surface area contributed by atoms with Crippen molar-refractivity contribution in [1.82, 2.24) is 36.0 Å². The zero-order valence-corrected chi connectivity index (χ0v) is 56.4. The van der Waals surface area contributed by atoms with Gasteiger partial charge in [0.2, 0.25) is 11.8 Å². The number of rotatable bonds is 8. The largest absolute Gasteiger partial charge is 0.455 e. The first-order valence-corrected chi connectivity index (χ1v) is 31.1. The third-order valence-electron chi connectivity index (χ3n) is 14.8. The summed E-state index contributed by atoms with van der Waals surface area (Å²) in [5.74, 6) is -1.90. The lowest BCUT2D eigenvalue weighted by Gasteiger charge is -2.35. The van der Waals surface area contributed by atoms with E-state index in [-0.39, 0.29) is 25.0 Å². The lowest BCUT2D eigenvalue weighted by molar-refractivity contribution is -0.157. The summed E-state index contributed by atoms with van der Waals surface area (Å²) in [5, 5.41) is 22.4. The van der Waals surface area contributed by atoms with Crippen molar-refractivity contribution < 1.29 is 38.5 Å². The Morgan fingerprint density at radius 3 is 1.81 bits per heavy atom. The van der Waals surface area contributed by atoms with E-state index in [2.05, 4.69) is 132 Å². The second-order valence-corrected chi connectivity index (χ2v) is 25.4. The van der Waals surface area contributed by atoms with Crippen molar-refractivity contribution in [1.29, 1.82) is 0 Å². The molecule has 5 heterocycles. The van der Waals surface area contributed by atoms with Crippen LogP contribution >= 0.6 is 55.1 Å². The number of anilines is 2. The molecule has 4 atom stereocenters. The summed E-state index contributed by atoms with van der Waals surface area (Å²) in [7, 11) is 11.6. The summed E-state index contributed by atoms with van der Waals surface area (Å²) in [6, 6.07) is 33.7. The van der Waals surface area contributed by atoms with Crippen LogP contribution in [0.5, 0.6) is 0 Å². The Morgan fingerprint density at radius 2 is 1.25 bits per heavy atom. The van der Waals surface area contributed by atoms with Crippen LogP contribution in [0.15, 0.2) is 124 Å². The lowest BCUT2D eigenvalue weighted by atomic mass is 9.89. The van der Waals surface area contributed by atoms with Gasteiger partial charge in [-0.05, 0) is 118 Å². The van der Waals surface area contributed by atoms with Crippen molar-refractivity contribution in [2.24, 2.45) is 11.3 Å². The Labute approximate surface area is 541 Å². The SMILES string of the molecule is CN(C)c1cccc2cccc(N(C)C)c12.COCc1cc2ccc(Br)cc2nc1Cl.COCc1cc2ccc3cc2nc1[C@@H](C)OC(=O)[C@@H]1CCCN(N1)C(=O)[C@H](C)NC(=O)[C@H](C(C)C)NC(=O)C(C)(C)/C=C/3.OCc1cc2ccc(Br)cc2nc1Cl. The van der Waals surface area contributed by atoms with Gasteiger partial charge in [-0.15, -0.1) is 0 Å². The van der Waals surface area contributed by atoms with Crippen molar-refractivity contribution in [3.8, 4) is 0 Å². The van der Waals surface area contributed by atoms with Crippen LogP contribution in [-0.4, -0.2) is 116 Å². The number of carbonyl (C=O) groups is 4. The van der Waals surface area contributed by atoms with Crippen molar-refractivity contribution >= 4 is 140 Å². The number of methoxy groups -OCH3 is 2. The Hall–Kier alpha value is -6.81. The standard InChI is InChI=1S/C32H43N5O6.C14H18N2.C11H9BrClNO.C10H7BrClNO/c1-18(2)26-28(38)33-19(3)29(39)37-14-8-9-24(36-37)30(40)43-20(4)27-23(17-42-7)16-22-11-10-21(15-25(22)34-27)12-13-32(5,6)31(41)35-26;1-15(2)12-9-5-7-11-8-6-10-13(14(11)12)16(3)4;1-15-6-8-4-7-2-3-9(12)5-10(7)14-11(8)13;11-8-2-1-6-3-7(5-14)10(12)13-9(6)4-8/h10-13,15-16,18-20,24,26,36H,8-9,14,17H2,1-7H3,(H,33,38)(H,35,41);5-10H,1-4H3;2-5H,6H2,1H3;1-4,14H,5H2/b13-12+;;;/t19-,20+,24-,26-;;;/m0.../s1. The number of ether oxygens (including phenoxy) is 3. The van der Waals surface area contributed by atoms with Crippen LogP contribution in [0.3, 0.4) is 0 Å². The number of amides is 3. The molecule has 5 bridgehead atoms. The van der Waals surface area contributed by atoms with E-state index in [1.165, 1.54) is 27.2 Å². The van der Waals surface area contributed by atoms with E-state index in [0.29, 0.717) is 53.1 Å². The molecule has 0 spiro atoms. The van der Waals surface area contributed by atoms with Gasteiger partial charge in [-0.1, -0.05) is 130 Å². The van der Waals surface area contributed by atoms with E-state index in [1.807, 2.05) is 92.7 Å². The summed E-state index contributed by atoms with van der Waals surface area (Å²) in [4.78, 5) is 70.9. The molecular weight excluding hydrogens is 1290 g/mol. The van der Waals surface area contributed by atoms with E-state index in [0.717, 1.165) is 52.8 Å². The number of nitrogens with one attached hydrogen (secondary N) is 3. The zero-order chi connectivity index (χ0) is 64.1. The summed E-state index contributed by atoms with van der Waals surface area (Å²) in [5.41, 5.74) is 10.8. The third-order valence-corrected chi connectivity index (χ3v) is 16.5. The first-order valence-electron chi connectivity index (χ1n) is 28.8. The molecule has 0 unspecified atom stereocenters. The number of pyridine rings is 3. The fourth-order valence-corrected chi connectivity index (χ4v) is 11.1. The highest BCUT2D eigenvalue weighted by Gasteiger charge is 2.36. The summed E-state index contributed by atoms with van der Waals surface area (Å²) in [6.07, 6.45) is 4.01. The number of hydrazine groups is 1. The van der Waals surface area contributed by atoms with Gasteiger partial charge in [0.1, 0.15) is 34.5 Å². The van der Waals surface area contributed by atoms with Crippen molar-refractivity contribution in [3.63, 3.8) is 0 Å². The highest BCUT2D eigenvalue weighted by atomic mass is 79.9. The number of esters is 1. The summed E-state index contributed by atoms with van der Waals surface area (Å²) >= 11 is 18.7. The maximum atomic E-state index is 13.4. The van der Waals surface area contributed by atoms with Gasteiger partial charge in [-0.2, -0.15) is 0 Å². The van der Waals surface area contributed by atoms with Crippen molar-refractivity contribution in [3.05, 3.63) is 162 Å². The minimum Gasteiger partial charge on any atom is -0.455 e. The maximum Gasteiger partial charge on any atom is 0.325 e. The number of hydrogen-bond donors (Lipinski definition) is 4. The number of aliphatic hydroxyl groups excluding tert-OH is 1. The third kappa shape index (κ3) is 17.5. The molecule has 2 aliphatic rings. The van der Waals surface area contributed by atoms with Gasteiger partial charge in [0.25, 0.3) is 5.91 Å². The van der Waals surface area contributed by atoms with Crippen LogP contribution < -0.4 is 25.9 Å². The van der Waals surface area contributed by atoms with Crippen LogP contribution in [0.4, 0.5) is 11.4 Å². The Morgan fingerprint density at radius 1 is 0.716 bits per heavy atom. The quantitative estimate of drug-likeness (QED) is 0.0827. The molecule has 466 valence electrons. The molecule has 17 nitrogen and oxygen atoms in total. The summed E-state index contributed by atoms with van der Waals surface area (Å²) in [6.45, 7) is 11.6. The lowest BCUT2D eigenvalue weighted by Crippen LogP contribution is -2.61. The molecule has 8 aromatic rings. The molecule has 3 aromatic heterocycles. The normalized spacial score (nSPS) is 18.3. The molecule has 1 fully saturated rings. The fourth-order valence-electron chi connectivity index (χ4n) is 9.97. The topological polar surface area (TPSA) is 201 Å². The van der Waals surface area contributed by atoms with Crippen LogP contribution in [0.2, 0.25) is 10.3 Å². The smallest absolute Gasteiger partial charge is 0.325 e. The number of halogens is 4. The molecule has 0 aliphatic carbocycles. The highest BCUT2D eigenvalue weighted by molar-refractivity contribution is 9.10. The number of carbonyl (C=O) groups excluding carboxylic acids is 4. The number of aromatic nitrogens is 3. The molecule has 0 radical (unpaired) electrons. The number of cyclic esters (lactones) is 1. The highest BCUT2D eigenvalue weighted by Crippen LogP contribution is 2.34. The molecule has 10 rings (SSSR count). The minimum absolute atomic E-state index is 0.0855. The van der Waals surface area contributed by atoms with Gasteiger partial charge in [0.15, 0.2) is 0 Å². The number of nitrogens with zero attached hydrogens (tertiary/aromatic N) is 6. The molecule has 88 heavy (non-hydrogen) atoms. The summed E-state index contributed by atoms with van der Waals surface area (Å²) < 4.78 is 18.3. The average Bonchev–Trinajstić information content (AvgIpc) is 1.77. The molecule has 5 aromatic carbocycles. The van der Waals surface area contributed by atoms with Gasteiger partial charge in [-0.25, -0.2) is 20.4 Å². The van der Waals surface area contributed by atoms with Crippen LogP contribution in [-0.2, 0) is 53.2 Å². The van der Waals surface area contributed by atoms with E-state index in [9.17, 15) is 19.2 Å². The molecule has 21 heteroatoms. The fraction of sp³-hybridized carbons (Fsp3) is 0.358. The molecule has 1 saturated heterocycles. The Balaban J connectivity index is 0.000000197. The van der Waals surface area contributed by atoms with Crippen molar-refractivity contribution in [2.75, 3.05) is 58.8 Å². The van der Waals surface area contributed by atoms with Gasteiger partial charge >= 0.3 is 5.97 Å². The Kier molecular flexibility index (Phi) is 24.3. The molecular formula is C67H77Br2Cl2N9O8. The molecule has 3 amide bonds.